The van der Waals surface area contributed by atoms with E-state index in [9.17, 15) is 22.0 Å². The number of aryl methyl sites for hydroxylation is 2. The summed E-state index contributed by atoms with van der Waals surface area (Å²) in [4.78, 5) is 0. The van der Waals surface area contributed by atoms with Gasteiger partial charge in [-0.25, -0.2) is 22.0 Å². The smallest absolute Gasteiger partial charge is 0.139 e. The van der Waals surface area contributed by atoms with Crippen molar-refractivity contribution >= 4 is 21.5 Å². The molecule has 0 radical (unpaired) electrons. The second-order valence-corrected chi connectivity index (χ2v) is 7.35. The third-order valence-electron chi connectivity index (χ3n) is 5.31. The van der Waals surface area contributed by atoms with Gasteiger partial charge in [-0.05, 0) is 61.2 Å². The number of fused-ring (bicyclic) bond motifs is 2. The molecule has 0 aromatic heterocycles. The molecular formula is C24H17F5. The van der Waals surface area contributed by atoms with Gasteiger partial charge in [0.1, 0.15) is 29.1 Å². The zero-order valence-electron chi connectivity index (χ0n) is 15.8. The Hall–Kier alpha value is -2.95. The van der Waals surface area contributed by atoms with Gasteiger partial charge in [-0.15, -0.1) is 0 Å². The first kappa shape index (κ1) is 19.4. The zero-order chi connectivity index (χ0) is 20.9. The van der Waals surface area contributed by atoms with E-state index in [0.29, 0.717) is 16.3 Å². The summed E-state index contributed by atoms with van der Waals surface area (Å²) in [5.41, 5.74) is 0.952. The molecule has 4 aromatic rings. The molecule has 0 saturated carbocycles. The fraction of sp³-hybridized carbons (Fsp3) is 0.167. The summed E-state index contributed by atoms with van der Waals surface area (Å²) < 4.78 is 71.8. The van der Waals surface area contributed by atoms with Crippen LogP contribution in [0.2, 0.25) is 0 Å². The average Bonchev–Trinajstić information content (AvgIpc) is 2.65. The van der Waals surface area contributed by atoms with Gasteiger partial charge < -0.3 is 0 Å². The summed E-state index contributed by atoms with van der Waals surface area (Å²) >= 11 is 0. The third kappa shape index (κ3) is 3.35. The van der Waals surface area contributed by atoms with Crippen molar-refractivity contribution < 1.29 is 22.0 Å². The molecule has 29 heavy (non-hydrogen) atoms. The van der Waals surface area contributed by atoms with Crippen molar-refractivity contribution in [3.63, 3.8) is 0 Å². The molecule has 5 heteroatoms. The first-order valence-corrected chi connectivity index (χ1v) is 9.20. The van der Waals surface area contributed by atoms with Gasteiger partial charge in [0, 0.05) is 16.5 Å². The SMILES string of the molecule is Cc1ccc2c(F)c(CCc3cc(F)c4c(F)c(C)c(F)cc4c3)c(F)cc2c1. The number of rotatable bonds is 3. The molecule has 0 spiro atoms. The molecule has 0 atom stereocenters. The average molecular weight is 400 g/mol. The Bertz CT molecular complexity index is 1270. The first-order valence-electron chi connectivity index (χ1n) is 9.20. The maximum atomic E-state index is 14.8. The summed E-state index contributed by atoms with van der Waals surface area (Å²) in [6, 6.07) is 9.99. The normalized spacial score (nSPS) is 11.6. The lowest BCUT2D eigenvalue weighted by Crippen LogP contribution is -2.01. The molecule has 0 heterocycles. The fourth-order valence-electron chi connectivity index (χ4n) is 3.70. The maximum absolute atomic E-state index is 14.8. The topological polar surface area (TPSA) is 0 Å². The van der Waals surface area contributed by atoms with E-state index in [1.165, 1.54) is 19.1 Å². The van der Waals surface area contributed by atoms with Gasteiger partial charge in [0.15, 0.2) is 0 Å². The molecule has 0 bridgehead atoms. The van der Waals surface area contributed by atoms with Gasteiger partial charge in [-0.1, -0.05) is 29.8 Å². The molecule has 148 valence electrons. The van der Waals surface area contributed by atoms with Gasteiger partial charge in [-0.3, -0.25) is 0 Å². The van der Waals surface area contributed by atoms with E-state index in [1.807, 2.05) is 6.92 Å². The first-order chi connectivity index (χ1) is 13.8. The maximum Gasteiger partial charge on any atom is 0.139 e. The fourth-order valence-corrected chi connectivity index (χ4v) is 3.70. The second-order valence-electron chi connectivity index (χ2n) is 7.35. The number of hydrogen-bond acceptors (Lipinski definition) is 0. The molecule has 0 fully saturated rings. The predicted octanol–water partition coefficient (Wildman–Crippen LogP) is 7.09. The molecule has 0 amide bonds. The van der Waals surface area contributed by atoms with E-state index in [0.717, 1.165) is 17.7 Å². The van der Waals surface area contributed by atoms with Gasteiger partial charge >= 0.3 is 0 Å². The van der Waals surface area contributed by atoms with Crippen LogP contribution in [0.5, 0.6) is 0 Å². The lowest BCUT2D eigenvalue weighted by Gasteiger charge is -2.11. The highest BCUT2D eigenvalue weighted by molar-refractivity contribution is 5.86. The number of hydrogen-bond donors (Lipinski definition) is 0. The molecule has 0 nitrogen and oxygen atoms in total. The minimum absolute atomic E-state index is 0.0107. The highest BCUT2D eigenvalue weighted by Gasteiger charge is 2.17. The van der Waals surface area contributed by atoms with Crippen molar-refractivity contribution in [3.8, 4) is 0 Å². The van der Waals surface area contributed by atoms with Crippen LogP contribution in [0.4, 0.5) is 22.0 Å². The summed E-state index contributed by atoms with van der Waals surface area (Å²) in [5.74, 6) is -3.85. The Morgan fingerprint density at radius 3 is 2.14 bits per heavy atom. The van der Waals surface area contributed by atoms with Gasteiger partial charge in [0.2, 0.25) is 0 Å². The highest BCUT2D eigenvalue weighted by Crippen LogP contribution is 2.29. The largest absolute Gasteiger partial charge is 0.207 e. The molecular weight excluding hydrogens is 383 g/mol. The summed E-state index contributed by atoms with van der Waals surface area (Å²) in [5, 5.41) is 0.583. The number of benzene rings is 4. The minimum Gasteiger partial charge on any atom is -0.207 e. The van der Waals surface area contributed by atoms with E-state index in [2.05, 4.69) is 0 Å². The summed E-state index contributed by atoms with van der Waals surface area (Å²) in [6.07, 6.45) is 0.110. The van der Waals surface area contributed by atoms with Crippen molar-refractivity contribution in [1.29, 1.82) is 0 Å². The second kappa shape index (κ2) is 7.14. The van der Waals surface area contributed by atoms with Crippen LogP contribution >= 0.6 is 0 Å². The Morgan fingerprint density at radius 2 is 1.38 bits per heavy atom. The Kier molecular flexibility index (Phi) is 4.77. The van der Waals surface area contributed by atoms with Crippen LogP contribution in [0.1, 0.15) is 22.3 Å². The van der Waals surface area contributed by atoms with Crippen molar-refractivity contribution in [2.45, 2.75) is 26.7 Å². The zero-order valence-corrected chi connectivity index (χ0v) is 15.8. The van der Waals surface area contributed by atoms with Crippen LogP contribution in [0, 0.1) is 42.9 Å². The van der Waals surface area contributed by atoms with Gasteiger partial charge in [-0.2, -0.15) is 0 Å². The molecule has 0 aliphatic rings. The molecule has 0 aliphatic heterocycles. The van der Waals surface area contributed by atoms with Crippen molar-refractivity contribution in [3.05, 3.63) is 93.8 Å². The highest BCUT2D eigenvalue weighted by atomic mass is 19.2. The third-order valence-corrected chi connectivity index (χ3v) is 5.31. The van der Waals surface area contributed by atoms with Crippen LogP contribution in [0.15, 0.2) is 42.5 Å². The number of halogens is 5. The van der Waals surface area contributed by atoms with Crippen molar-refractivity contribution in [1.82, 2.24) is 0 Å². The van der Waals surface area contributed by atoms with Crippen LogP contribution < -0.4 is 0 Å². The molecule has 4 aromatic carbocycles. The summed E-state index contributed by atoms with van der Waals surface area (Å²) in [6.45, 7) is 3.08. The monoisotopic (exact) mass is 400 g/mol. The van der Waals surface area contributed by atoms with Gasteiger partial charge in [0.05, 0.1) is 5.39 Å². The molecule has 4 rings (SSSR count). The van der Waals surface area contributed by atoms with Crippen molar-refractivity contribution in [2.24, 2.45) is 0 Å². The summed E-state index contributed by atoms with van der Waals surface area (Å²) in [7, 11) is 0. The van der Waals surface area contributed by atoms with E-state index >= 15 is 0 Å². The van der Waals surface area contributed by atoms with E-state index in [1.54, 1.807) is 18.2 Å². The van der Waals surface area contributed by atoms with Crippen molar-refractivity contribution in [2.75, 3.05) is 0 Å². The van der Waals surface area contributed by atoms with E-state index in [4.69, 9.17) is 0 Å². The van der Waals surface area contributed by atoms with Crippen LogP contribution in [0.3, 0.4) is 0 Å². The predicted molar refractivity (Wildman–Crippen MR) is 105 cm³/mol. The lowest BCUT2D eigenvalue weighted by molar-refractivity contribution is 0.562. The molecule has 0 unspecified atom stereocenters. The van der Waals surface area contributed by atoms with E-state index < -0.39 is 29.1 Å². The molecule has 0 aliphatic carbocycles. The van der Waals surface area contributed by atoms with Crippen LogP contribution in [0.25, 0.3) is 21.5 Å². The quantitative estimate of drug-likeness (QED) is 0.322. The molecule has 0 saturated heterocycles. The van der Waals surface area contributed by atoms with Crippen LogP contribution in [-0.2, 0) is 12.8 Å². The van der Waals surface area contributed by atoms with E-state index in [-0.39, 0.29) is 34.7 Å². The minimum atomic E-state index is -0.939. The van der Waals surface area contributed by atoms with Crippen LogP contribution in [-0.4, -0.2) is 0 Å². The molecule has 0 N–H and O–H groups in total. The Balaban J connectivity index is 1.72. The van der Waals surface area contributed by atoms with Gasteiger partial charge in [0.25, 0.3) is 0 Å². The standard InChI is InChI=1S/C24H17F5/c1-12-3-5-17-15(7-12)10-20(26)18(24(17)29)6-4-14-8-16-11-19(25)13(2)23(28)22(16)21(27)9-14/h3,5,7-11H,4,6H2,1-2H3. The Morgan fingerprint density at radius 1 is 0.655 bits per heavy atom. The lowest BCUT2D eigenvalue weighted by atomic mass is 9.96. The Labute approximate surface area is 164 Å².